The standard InChI is InChI=1S/C16H23NO2/c18-11-10-17(13-15-8-2-1-3-9-15)16(19)12-14-6-4-5-7-14/h1-3,8-9,14,18H,4-7,10-13H2. The van der Waals surface area contributed by atoms with Gasteiger partial charge in [-0.15, -0.1) is 0 Å². The molecule has 0 heterocycles. The van der Waals surface area contributed by atoms with Crippen molar-refractivity contribution < 1.29 is 9.90 Å². The molecule has 1 amide bonds. The highest BCUT2D eigenvalue weighted by atomic mass is 16.3. The van der Waals surface area contributed by atoms with E-state index in [1.54, 1.807) is 4.90 Å². The summed E-state index contributed by atoms with van der Waals surface area (Å²) in [6, 6.07) is 9.97. The number of rotatable bonds is 6. The molecule has 1 aromatic rings. The van der Waals surface area contributed by atoms with Gasteiger partial charge in [0.2, 0.25) is 5.91 Å². The second-order valence-corrected chi connectivity index (χ2v) is 5.38. The lowest BCUT2D eigenvalue weighted by Gasteiger charge is -2.23. The molecule has 0 radical (unpaired) electrons. The summed E-state index contributed by atoms with van der Waals surface area (Å²) in [4.78, 5) is 14.1. The van der Waals surface area contributed by atoms with Gasteiger partial charge in [0.15, 0.2) is 0 Å². The van der Waals surface area contributed by atoms with Crippen molar-refractivity contribution in [2.24, 2.45) is 5.92 Å². The van der Waals surface area contributed by atoms with E-state index in [-0.39, 0.29) is 12.5 Å². The van der Waals surface area contributed by atoms with E-state index in [9.17, 15) is 4.79 Å². The molecule has 1 N–H and O–H groups in total. The number of nitrogens with zero attached hydrogens (tertiary/aromatic N) is 1. The Balaban J connectivity index is 1.92. The Morgan fingerprint density at radius 1 is 1.21 bits per heavy atom. The largest absolute Gasteiger partial charge is 0.395 e. The van der Waals surface area contributed by atoms with E-state index in [4.69, 9.17) is 5.11 Å². The molecule has 1 aliphatic carbocycles. The normalized spacial score (nSPS) is 15.6. The molecule has 0 unspecified atom stereocenters. The van der Waals surface area contributed by atoms with E-state index in [0.717, 1.165) is 5.56 Å². The number of aliphatic hydroxyl groups excluding tert-OH is 1. The number of hydrogen-bond donors (Lipinski definition) is 1. The molecule has 1 aromatic carbocycles. The van der Waals surface area contributed by atoms with Gasteiger partial charge in [-0.1, -0.05) is 43.2 Å². The molecule has 3 heteroatoms. The first-order valence-corrected chi connectivity index (χ1v) is 7.22. The highest BCUT2D eigenvalue weighted by Gasteiger charge is 2.21. The molecule has 0 atom stereocenters. The molecule has 19 heavy (non-hydrogen) atoms. The molecule has 0 saturated heterocycles. The predicted molar refractivity (Wildman–Crippen MR) is 75.5 cm³/mol. The van der Waals surface area contributed by atoms with Gasteiger partial charge in [0.05, 0.1) is 6.61 Å². The van der Waals surface area contributed by atoms with Crippen molar-refractivity contribution in [3.63, 3.8) is 0 Å². The quantitative estimate of drug-likeness (QED) is 0.855. The van der Waals surface area contributed by atoms with Crippen LogP contribution in [-0.2, 0) is 11.3 Å². The lowest BCUT2D eigenvalue weighted by Crippen LogP contribution is -2.34. The van der Waals surface area contributed by atoms with Gasteiger partial charge in [0.1, 0.15) is 0 Å². The van der Waals surface area contributed by atoms with Crippen LogP contribution in [0.4, 0.5) is 0 Å². The molecule has 1 saturated carbocycles. The first-order valence-electron chi connectivity index (χ1n) is 7.22. The average Bonchev–Trinajstić information content (AvgIpc) is 2.92. The fraction of sp³-hybridized carbons (Fsp3) is 0.562. The van der Waals surface area contributed by atoms with Crippen LogP contribution in [0.2, 0.25) is 0 Å². The first kappa shape index (κ1) is 14.1. The van der Waals surface area contributed by atoms with E-state index in [2.05, 4.69) is 0 Å². The Hall–Kier alpha value is -1.35. The molecule has 0 spiro atoms. The highest BCUT2D eigenvalue weighted by molar-refractivity contribution is 5.76. The molecule has 2 rings (SSSR count). The third-order valence-electron chi connectivity index (χ3n) is 3.88. The number of aliphatic hydroxyl groups is 1. The van der Waals surface area contributed by atoms with Crippen molar-refractivity contribution in [3.05, 3.63) is 35.9 Å². The van der Waals surface area contributed by atoms with Crippen molar-refractivity contribution >= 4 is 5.91 Å². The minimum absolute atomic E-state index is 0.0310. The summed E-state index contributed by atoms with van der Waals surface area (Å²) in [6.07, 6.45) is 5.54. The molecule has 1 aliphatic rings. The topological polar surface area (TPSA) is 40.5 Å². The van der Waals surface area contributed by atoms with Gasteiger partial charge in [-0.3, -0.25) is 4.79 Å². The van der Waals surface area contributed by atoms with Gasteiger partial charge >= 0.3 is 0 Å². The molecular weight excluding hydrogens is 238 g/mol. The molecule has 0 aliphatic heterocycles. The van der Waals surface area contributed by atoms with Gasteiger partial charge in [0.25, 0.3) is 0 Å². The fourth-order valence-electron chi connectivity index (χ4n) is 2.81. The van der Waals surface area contributed by atoms with Gasteiger partial charge in [-0.05, 0) is 24.3 Å². The minimum Gasteiger partial charge on any atom is -0.395 e. The Labute approximate surface area is 115 Å². The summed E-state index contributed by atoms with van der Waals surface area (Å²) in [5, 5.41) is 9.13. The molecular formula is C16H23NO2. The van der Waals surface area contributed by atoms with Crippen molar-refractivity contribution in [1.29, 1.82) is 0 Å². The number of benzene rings is 1. The smallest absolute Gasteiger partial charge is 0.223 e. The summed E-state index contributed by atoms with van der Waals surface area (Å²) in [5.74, 6) is 0.745. The van der Waals surface area contributed by atoms with Crippen LogP contribution in [0.25, 0.3) is 0 Å². The van der Waals surface area contributed by atoms with Crippen molar-refractivity contribution in [2.75, 3.05) is 13.2 Å². The van der Waals surface area contributed by atoms with E-state index in [1.807, 2.05) is 30.3 Å². The molecule has 0 bridgehead atoms. The maximum Gasteiger partial charge on any atom is 0.223 e. The summed E-state index contributed by atoms with van der Waals surface area (Å²) in [7, 11) is 0. The molecule has 0 aromatic heterocycles. The SMILES string of the molecule is O=C(CC1CCCC1)N(CCO)Cc1ccccc1. The van der Waals surface area contributed by atoms with Crippen LogP contribution in [0.5, 0.6) is 0 Å². The zero-order chi connectivity index (χ0) is 13.5. The maximum absolute atomic E-state index is 12.3. The number of carbonyl (C=O) groups is 1. The zero-order valence-electron chi connectivity index (χ0n) is 11.4. The number of hydrogen-bond acceptors (Lipinski definition) is 2. The van der Waals surface area contributed by atoms with Crippen LogP contribution in [0, 0.1) is 5.92 Å². The van der Waals surface area contributed by atoms with Crippen LogP contribution in [-0.4, -0.2) is 29.1 Å². The second-order valence-electron chi connectivity index (χ2n) is 5.38. The monoisotopic (exact) mass is 261 g/mol. The molecule has 104 valence electrons. The third kappa shape index (κ3) is 4.35. The van der Waals surface area contributed by atoms with E-state index in [0.29, 0.717) is 25.4 Å². The van der Waals surface area contributed by atoms with Crippen LogP contribution < -0.4 is 0 Å². The lowest BCUT2D eigenvalue weighted by atomic mass is 10.0. The van der Waals surface area contributed by atoms with Crippen molar-refractivity contribution in [2.45, 2.75) is 38.6 Å². The van der Waals surface area contributed by atoms with Crippen LogP contribution >= 0.6 is 0 Å². The van der Waals surface area contributed by atoms with Crippen LogP contribution in [0.15, 0.2) is 30.3 Å². The maximum atomic E-state index is 12.3. The van der Waals surface area contributed by atoms with E-state index in [1.165, 1.54) is 25.7 Å². The fourth-order valence-corrected chi connectivity index (χ4v) is 2.81. The number of carbonyl (C=O) groups excluding carboxylic acids is 1. The second kappa shape index (κ2) is 7.29. The summed E-state index contributed by atoms with van der Waals surface area (Å²) >= 11 is 0. The van der Waals surface area contributed by atoms with Gasteiger partial charge < -0.3 is 10.0 Å². The Morgan fingerprint density at radius 2 is 1.89 bits per heavy atom. The highest BCUT2D eigenvalue weighted by Crippen LogP contribution is 2.28. The predicted octanol–water partition coefficient (Wildman–Crippen LogP) is 2.59. The summed E-state index contributed by atoms with van der Waals surface area (Å²) in [6.45, 7) is 1.07. The Morgan fingerprint density at radius 3 is 2.53 bits per heavy atom. The summed E-state index contributed by atoms with van der Waals surface area (Å²) < 4.78 is 0. The van der Waals surface area contributed by atoms with Gasteiger partial charge in [0, 0.05) is 19.5 Å². The Bertz CT molecular complexity index is 385. The molecule has 1 fully saturated rings. The van der Waals surface area contributed by atoms with Crippen molar-refractivity contribution in [3.8, 4) is 0 Å². The van der Waals surface area contributed by atoms with E-state index < -0.39 is 0 Å². The van der Waals surface area contributed by atoms with Gasteiger partial charge in [-0.25, -0.2) is 0 Å². The zero-order valence-corrected chi connectivity index (χ0v) is 11.4. The minimum atomic E-state index is 0.0310. The van der Waals surface area contributed by atoms with Crippen LogP contribution in [0.3, 0.4) is 0 Å². The lowest BCUT2D eigenvalue weighted by molar-refractivity contribution is -0.133. The van der Waals surface area contributed by atoms with Crippen LogP contribution in [0.1, 0.15) is 37.7 Å². The summed E-state index contributed by atoms with van der Waals surface area (Å²) in [5.41, 5.74) is 1.12. The number of amides is 1. The first-order chi connectivity index (χ1) is 9.29. The van der Waals surface area contributed by atoms with Gasteiger partial charge in [-0.2, -0.15) is 0 Å². The van der Waals surface area contributed by atoms with Crippen molar-refractivity contribution in [1.82, 2.24) is 4.90 Å². The molecule has 3 nitrogen and oxygen atoms in total. The Kier molecular flexibility index (Phi) is 5.40. The third-order valence-corrected chi connectivity index (χ3v) is 3.88. The average molecular weight is 261 g/mol. The van der Waals surface area contributed by atoms with E-state index >= 15 is 0 Å².